The Kier molecular flexibility index (Phi) is 6.13. The standard InChI is InChI=1S/C26H29N5O2/c1-19(27-14-17-30-15-3-4-16-30)24-13-12-22(33-24)18-25-28-26-7-5-6-23(31(26)29-25)20-8-10-21(32-2)11-9-20/h5-13,27H,1,3-4,14-18H2,2H3. The number of nitrogens with one attached hydrogen (secondary N) is 1. The number of methoxy groups -OCH3 is 1. The third kappa shape index (κ3) is 4.78. The number of aromatic nitrogens is 3. The van der Waals surface area contributed by atoms with E-state index in [1.807, 2.05) is 59.1 Å². The molecule has 33 heavy (non-hydrogen) atoms. The van der Waals surface area contributed by atoms with E-state index in [0.717, 1.165) is 53.0 Å². The third-order valence-corrected chi connectivity index (χ3v) is 6.05. The number of hydrogen-bond acceptors (Lipinski definition) is 6. The monoisotopic (exact) mass is 443 g/mol. The van der Waals surface area contributed by atoms with Gasteiger partial charge in [-0.2, -0.15) is 5.10 Å². The van der Waals surface area contributed by atoms with Gasteiger partial charge in [-0.1, -0.05) is 12.6 Å². The lowest BCUT2D eigenvalue weighted by molar-refractivity contribution is 0.342. The van der Waals surface area contributed by atoms with E-state index >= 15 is 0 Å². The van der Waals surface area contributed by atoms with Gasteiger partial charge < -0.3 is 19.4 Å². The molecule has 1 N–H and O–H groups in total. The minimum absolute atomic E-state index is 0.519. The molecular weight excluding hydrogens is 414 g/mol. The normalized spacial score (nSPS) is 14.1. The molecule has 5 rings (SSSR count). The van der Waals surface area contributed by atoms with E-state index in [0.29, 0.717) is 12.2 Å². The second-order valence-corrected chi connectivity index (χ2v) is 8.33. The Morgan fingerprint density at radius 3 is 2.70 bits per heavy atom. The fourth-order valence-electron chi connectivity index (χ4n) is 4.25. The van der Waals surface area contributed by atoms with Crippen molar-refractivity contribution in [3.05, 3.63) is 78.5 Å². The molecule has 4 aromatic rings. The first-order valence-electron chi connectivity index (χ1n) is 11.4. The van der Waals surface area contributed by atoms with E-state index in [9.17, 15) is 0 Å². The van der Waals surface area contributed by atoms with Gasteiger partial charge in [0, 0.05) is 18.7 Å². The quantitative estimate of drug-likeness (QED) is 0.417. The van der Waals surface area contributed by atoms with Gasteiger partial charge in [0.05, 0.1) is 24.9 Å². The topological polar surface area (TPSA) is 67.8 Å². The summed E-state index contributed by atoms with van der Waals surface area (Å²) in [5, 5.41) is 8.13. The Hall–Kier alpha value is -3.58. The van der Waals surface area contributed by atoms with Crippen LogP contribution in [0.4, 0.5) is 0 Å². The molecule has 1 fully saturated rings. The maximum absolute atomic E-state index is 6.03. The molecule has 1 aromatic carbocycles. The highest BCUT2D eigenvalue weighted by molar-refractivity contribution is 5.63. The van der Waals surface area contributed by atoms with Gasteiger partial charge in [-0.15, -0.1) is 0 Å². The lowest BCUT2D eigenvalue weighted by Crippen LogP contribution is -2.29. The van der Waals surface area contributed by atoms with Crippen LogP contribution in [0.1, 0.15) is 30.2 Å². The van der Waals surface area contributed by atoms with Gasteiger partial charge >= 0.3 is 0 Å². The van der Waals surface area contributed by atoms with Gasteiger partial charge in [0.2, 0.25) is 0 Å². The average Bonchev–Trinajstić information content (AvgIpc) is 3.60. The molecule has 7 heteroatoms. The van der Waals surface area contributed by atoms with Crippen molar-refractivity contribution >= 4 is 11.3 Å². The van der Waals surface area contributed by atoms with Crippen molar-refractivity contribution in [3.8, 4) is 17.0 Å². The summed E-state index contributed by atoms with van der Waals surface area (Å²) in [4.78, 5) is 7.17. The zero-order valence-electron chi connectivity index (χ0n) is 19.0. The van der Waals surface area contributed by atoms with Crippen molar-refractivity contribution in [2.45, 2.75) is 19.3 Å². The van der Waals surface area contributed by atoms with Crippen molar-refractivity contribution in [2.75, 3.05) is 33.3 Å². The number of nitrogens with zero attached hydrogens (tertiary/aromatic N) is 4. The van der Waals surface area contributed by atoms with Gasteiger partial charge in [0.1, 0.15) is 17.3 Å². The largest absolute Gasteiger partial charge is 0.497 e. The molecule has 0 spiro atoms. The van der Waals surface area contributed by atoms with Crippen LogP contribution in [-0.4, -0.2) is 52.8 Å². The van der Waals surface area contributed by atoms with Crippen molar-refractivity contribution in [3.63, 3.8) is 0 Å². The SMILES string of the molecule is C=C(NCCN1CCCC1)c1ccc(Cc2nc3cccc(-c4ccc(OC)cc4)n3n2)o1. The Bertz CT molecular complexity index is 1240. The lowest BCUT2D eigenvalue weighted by Gasteiger charge is -2.15. The summed E-state index contributed by atoms with van der Waals surface area (Å²) >= 11 is 0. The Morgan fingerprint density at radius 2 is 1.91 bits per heavy atom. The van der Waals surface area contributed by atoms with Gasteiger partial charge in [-0.3, -0.25) is 0 Å². The number of likely N-dealkylation sites (tertiary alicyclic amines) is 1. The van der Waals surface area contributed by atoms with E-state index in [-0.39, 0.29) is 0 Å². The van der Waals surface area contributed by atoms with E-state index < -0.39 is 0 Å². The average molecular weight is 444 g/mol. The molecule has 1 saturated heterocycles. The highest BCUT2D eigenvalue weighted by Crippen LogP contribution is 2.23. The molecule has 7 nitrogen and oxygen atoms in total. The van der Waals surface area contributed by atoms with Crippen LogP contribution in [0.3, 0.4) is 0 Å². The molecule has 1 aliphatic rings. The van der Waals surface area contributed by atoms with Crippen LogP contribution in [0, 0.1) is 0 Å². The first kappa shape index (κ1) is 21.3. The van der Waals surface area contributed by atoms with E-state index in [1.165, 1.54) is 25.9 Å². The smallest absolute Gasteiger partial charge is 0.159 e. The molecule has 0 aliphatic carbocycles. The summed E-state index contributed by atoms with van der Waals surface area (Å²) in [5.41, 5.74) is 3.64. The highest BCUT2D eigenvalue weighted by Gasteiger charge is 2.14. The minimum atomic E-state index is 0.519. The van der Waals surface area contributed by atoms with Crippen molar-refractivity contribution in [1.29, 1.82) is 0 Å². The molecule has 3 aromatic heterocycles. The van der Waals surface area contributed by atoms with E-state index in [1.54, 1.807) is 7.11 Å². The predicted molar refractivity (Wildman–Crippen MR) is 129 cm³/mol. The summed E-state index contributed by atoms with van der Waals surface area (Å²) in [6, 6.07) is 17.9. The predicted octanol–water partition coefficient (Wildman–Crippen LogP) is 4.24. The molecule has 0 radical (unpaired) electrons. The van der Waals surface area contributed by atoms with Crippen LogP contribution in [0.5, 0.6) is 5.75 Å². The lowest BCUT2D eigenvalue weighted by atomic mass is 10.1. The Morgan fingerprint density at radius 1 is 1.09 bits per heavy atom. The molecule has 170 valence electrons. The third-order valence-electron chi connectivity index (χ3n) is 6.05. The molecular formula is C26H29N5O2. The summed E-state index contributed by atoms with van der Waals surface area (Å²) in [6.07, 6.45) is 3.13. The van der Waals surface area contributed by atoms with Crippen LogP contribution in [-0.2, 0) is 6.42 Å². The van der Waals surface area contributed by atoms with Crippen molar-refractivity contribution in [1.82, 2.24) is 24.8 Å². The number of furan rings is 1. The van der Waals surface area contributed by atoms with Crippen LogP contribution in [0.15, 0.2) is 65.6 Å². The van der Waals surface area contributed by atoms with Crippen molar-refractivity contribution in [2.24, 2.45) is 0 Å². The van der Waals surface area contributed by atoms with Gasteiger partial charge in [0.15, 0.2) is 11.5 Å². The second kappa shape index (κ2) is 9.50. The number of pyridine rings is 1. The summed E-state index contributed by atoms with van der Waals surface area (Å²) < 4.78 is 13.2. The molecule has 0 saturated carbocycles. The van der Waals surface area contributed by atoms with E-state index in [2.05, 4.69) is 16.8 Å². The highest BCUT2D eigenvalue weighted by atomic mass is 16.5. The molecule has 1 aliphatic heterocycles. The summed E-state index contributed by atoms with van der Waals surface area (Å²) in [6.45, 7) is 8.44. The molecule has 0 unspecified atom stereocenters. The van der Waals surface area contributed by atoms with E-state index in [4.69, 9.17) is 19.2 Å². The first-order chi connectivity index (χ1) is 16.2. The fraction of sp³-hybridized carbons (Fsp3) is 0.308. The number of fused-ring (bicyclic) bond motifs is 1. The maximum Gasteiger partial charge on any atom is 0.159 e. The molecule has 0 bridgehead atoms. The fourth-order valence-corrected chi connectivity index (χ4v) is 4.25. The van der Waals surface area contributed by atoms with Gasteiger partial charge in [0.25, 0.3) is 0 Å². The zero-order valence-corrected chi connectivity index (χ0v) is 19.0. The molecule has 0 amide bonds. The number of benzene rings is 1. The van der Waals surface area contributed by atoms with Crippen LogP contribution >= 0.6 is 0 Å². The van der Waals surface area contributed by atoms with Crippen molar-refractivity contribution < 1.29 is 9.15 Å². The number of ether oxygens (including phenoxy) is 1. The van der Waals surface area contributed by atoms with Crippen LogP contribution in [0.2, 0.25) is 0 Å². The molecule has 4 heterocycles. The zero-order chi connectivity index (χ0) is 22.6. The van der Waals surface area contributed by atoms with Crippen LogP contribution in [0.25, 0.3) is 22.6 Å². The second-order valence-electron chi connectivity index (χ2n) is 8.33. The summed E-state index contributed by atoms with van der Waals surface area (Å²) in [7, 11) is 1.67. The maximum atomic E-state index is 6.03. The summed E-state index contributed by atoms with van der Waals surface area (Å²) in [5.74, 6) is 3.11. The number of hydrogen-bond donors (Lipinski definition) is 1. The Balaban J connectivity index is 1.26. The van der Waals surface area contributed by atoms with Gasteiger partial charge in [-0.05, 0) is 74.5 Å². The van der Waals surface area contributed by atoms with Gasteiger partial charge in [-0.25, -0.2) is 9.50 Å². The number of rotatable bonds is 9. The van der Waals surface area contributed by atoms with Crippen LogP contribution < -0.4 is 10.1 Å². The first-order valence-corrected chi connectivity index (χ1v) is 11.4. The molecule has 0 atom stereocenters. The minimum Gasteiger partial charge on any atom is -0.497 e. The Labute approximate surface area is 193 Å².